The van der Waals surface area contributed by atoms with E-state index in [9.17, 15) is 9.59 Å². The summed E-state index contributed by atoms with van der Waals surface area (Å²) < 4.78 is 1.98. The predicted octanol–water partition coefficient (Wildman–Crippen LogP) is 4.67. The molecule has 0 radical (unpaired) electrons. The Bertz CT molecular complexity index is 1150. The van der Waals surface area contributed by atoms with Gasteiger partial charge in [0, 0.05) is 34.6 Å². The Balaban J connectivity index is 1.55. The summed E-state index contributed by atoms with van der Waals surface area (Å²) in [6, 6.07) is 18.6. The smallest absolute Gasteiger partial charge is 0.256 e. The molecule has 28 heavy (non-hydrogen) atoms. The minimum atomic E-state index is -0.211. The molecule has 2 aromatic carbocycles. The first-order chi connectivity index (χ1) is 13.6. The topological polar surface area (TPSA) is 63.1 Å². The zero-order chi connectivity index (χ0) is 19.5. The van der Waals surface area contributed by atoms with Crippen LogP contribution in [0, 0.1) is 0 Å². The Morgan fingerprint density at radius 3 is 2.46 bits per heavy atom. The molecule has 2 aromatic heterocycles. The zero-order valence-corrected chi connectivity index (χ0v) is 16.1. The van der Waals surface area contributed by atoms with Gasteiger partial charge in [0.25, 0.3) is 5.91 Å². The molecule has 0 bridgehead atoms. The molecule has 0 saturated heterocycles. The molecule has 2 heterocycles. The maximum Gasteiger partial charge on any atom is 0.256 e. The van der Waals surface area contributed by atoms with Crippen molar-refractivity contribution < 1.29 is 9.59 Å². The normalized spacial score (nSPS) is 10.8. The molecule has 0 saturated carbocycles. The van der Waals surface area contributed by atoms with Crippen molar-refractivity contribution in [1.82, 2.24) is 4.57 Å². The summed E-state index contributed by atoms with van der Waals surface area (Å²) in [6.07, 6.45) is 2.24. The van der Waals surface area contributed by atoms with Crippen LogP contribution in [-0.4, -0.2) is 16.4 Å². The molecule has 4 aromatic rings. The van der Waals surface area contributed by atoms with Crippen molar-refractivity contribution in [3.8, 4) is 0 Å². The third-order valence-corrected chi connectivity index (χ3v) is 5.41. The number of anilines is 2. The number of amides is 2. The van der Waals surface area contributed by atoms with Crippen molar-refractivity contribution in [1.29, 1.82) is 0 Å². The van der Waals surface area contributed by atoms with Gasteiger partial charge in [0.2, 0.25) is 5.91 Å². The third-order valence-electron chi connectivity index (χ3n) is 4.54. The maximum absolute atomic E-state index is 12.9. The van der Waals surface area contributed by atoms with Gasteiger partial charge in [0.15, 0.2) is 0 Å². The monoisotopic (exact) mass is 389 g/mol. The van der Waals surface area contributed by atoms with Crippen molar-refractivity contribution in [2.45, 2.75) is 6.42 Å². The van der Waals surface area contributed by atoms with Gasteiger partial charge in [-0.25, -0.2) is 0 Å². The number of thiophene rings is 1. The van der Waals surface area contributed by atoms with Gasteiger partial charge in [0.1, 0.15) is 0 Å². The lowest BCUT2D eigenvalue weighted by molar-refractivity contribution is -0.115. The largest absolute Gasteiger partial charge is 0.351 e. The first kappa shape index (κ1) is 18.0. The van der Waals surface area contributed by atoms with E-state index in [4.69, 9.17) is 0 Å². The van der Waals surface area contributed by atoms with Crippen LogP contribution >= 0.6 is 11.3 Å². The standard InChI is InChI=1S/C22H19N3O2S/c1-25-12-11-16-17(7-4-10-20(16)25)22(27)24-19-9-3-2-8-18(19)23-21(26)14-15-6-5-13-28-15/h2-13H,14H2,1H3,(H,23,26)(H,24,27). The first-order valence-corrected chi connectivity index (χ1v) is 9.76. The second-order valence-corrected chi connectivity index (χ2v) is 7.50. The highest BCUT2D eigenvalue weighted by molar-refractivity contribution is 7.10. The van der Waals surface area contributed by atoms with Crippen LogP contribution in [0.15, 0.2) is 72.2 Å². The molecule has 140 valence electrons. The van der Waals surface area contributed by atoms with E-state index < -0.39 is 0 Å². The van der Waals surface area contributed by atoms with Gasteiger partial charge in [-0.05, 0) is 41.8 Å². The van der Waals surface area contributed by atoms with E-state index in [1.54, 1.807) is 29.5 Å². The Morgan fingerprint density at radius 1 is 0.929 bits per heavy atom. The highest BCUT2D eigenvalue weighted by atomic mass is 32.1. The summed E-state index contributed by atoms with van der Waals surface area (Å²) in [5.41, 5.74) is 2.74. The second kappa shape index (κ2) is 7.70. The number of nitrogens with zero attached hydrogens (tertiary/aromatic N) is 1. The average Bonchev–Trinajstić information content (AvgIpc) is 3.33. The van der Waals surface area contributed by atoms with E-state index in [1.807, 2.05) is 65.7 Å². The number of hydrogen-bond donors (Lipinski definition) is 2. The highest BCUT2D eigenvalue weighted by Crippen LogP contribution is 2.25. The SMILES string of the molecule is Cn1ccc2c(C(=O)Nc3ccccc3NC(=O)Cc3cccs3)cccc21. The molecule has 0 unspecified atom stereocenters. The number of fused-ring (bicyclic) bond motifs is 1. The van der Waals surface area contributed by atoms with Gasteiger partial charge in [0.05, 0.1) is 17.8 Å². The van der Waals surface area contributed by atoms with E-state index in [0.717, 1.165) is 15.8 Å². The summed E-state index contributed by atoms with van der Waals surface area (Å²) in [4.78, 5) is 26.2. The summed E-state index contributed by atoms with van der Waals surface area (Å²) >= 11 is 1.54. The van der Waals surface area contributed by atoms with Crippen LogP contribution < -0.4 is 10.6 Å². The van der Waals surface area contributed by atoms with Gasteiger partial charge >= 0.3 is 0 Å². The summed E-state index contributed by atoms with van der Waals surface area (Å²) in [5.74, 6) is -0.328. The fraction of sp³-hybridized carbons (Fsp3) is 0.0909. The minimum Gasteiger partial charge on any atom is -0.351 e. The average molecular weight is 389 g/mol. The van der Waals surface area contributed by atoms with Gasteiger partial charge in [-0.1, -0.05) is 24.3 Å². The van der Waals surface area contributed by atoms with Gasteiger partial charge in [-0.15, -0.1) is 11.3 Å². The van der Waals surface area contributed by atoms with Crippen LogP contribution in [0.25, 0.3) is 10.9 Å². The van der Waals surface area contributed by atoms with Crippen LogP contribution in [0.1, 0.15) is 15.2 Å². The van der Waals surface area contributed by atoms with Crippen LogP contribution in [-0.2, 0) is 18.3 Å². The molecular weight excluding hydrogens is 370 g/mol. The van der Waals surface area contributed by atoms with E-state index >= 15 is 0 Å². The minimum absolute atomic E-state index is 0.116. The van der Waals surface area contributed by atoms with Crippen molar-refractivity contribution >= 4 is 45.4 Å². The van der Waals surface area contributed by atoms with Crippen molar-refractivity contribution in [3.63, 3.8) is 0 Å². The second-order valence-electron chi connectivity index (χ2n) is 6.47. The molecule has 0 aliphatic rings. The fourth-order valence-electron chi connectivity index (χ4n) is 3.16. The van der Waals surface area contributed by atoms with Gasteiger partial charge < -0.3 is 15.2 Å². The van der Waals surface area contributed by atoms with E-state index in [2.05, 4.69) is 10.6 Å². The van der Waals surface area contributed by atoms with Gasteiger partial charge in [-0.2, -0.15) is 0 Å². The third kappa shape index (κ3) is 3.68. The number of rotatable bonds is 5. The van der Waals surface area contributed by atoms with Crippen molar-refractivity contribution in [3.05, 3.63) is 82.7 Å². The van der Waals surface area contributed by atoms with Crippen molar-refractivity contribution in [2.24, 2.45) is 7.05 Å². The van der Waals surface area contributed by atoms with Gasteiger partial charge in [-0.3, -0.25) is 9.59 Å². The number of nitrogens with one attached hydrogen (secondary N) is 2. The van der Waals surface area contributed by atoms with E-state index in [-0.39, 0.29) is 11.8 Å². The highest BCUT2D eigenvalue weighted by Gasteiger charge is 2.14. The first-order valence-electron chi connectivity index (χ1n) is 8.88. The molecule has 0 aliphatic heterocycles. The Kier molecular flexibility index (Phi) is 4.95. The molecule has 0 fully saturated rings. The van der Waals surface area contributed by atoms with E-state index in [1.165, 1.54) is 0 Å². The zero-order valence-electron chi connectivity index (χ0n) is 15.3. The Morgan fingerprint density at radius 2 is 1.71 bits per heavy atom. The molecule has 5 nitrogen and oxygen atoms in total. The quantitative estimate of drug-likeness (QED) is 0.521. The van der Waals surface area contributed by atoms with Crippen molar-refractivity contribution in [2.75, 3.05) is 10.6 Å². The summed E-state index contributed by atoms with van der Waals surface area (Å²) in [7, 11) is 1.95. The predicted molar refractivity (Wildman–Crippen MR) is 114 cm³/mol. The molecule has 0 spiro atoms. The van der Waals surface area contributed by atoms with Crippen LogP contribution in [0.4, 0.5) is 11.4 Å². The Labute approximate surface area is 166 Å². The lowest BCUT2D eigenvalue weighted by atomic mass is 10.1. The number of carbonyl (C=O) groups excluding carboxylic acids is 2. The molecule has 4 rings (SSSR count). The summed E-state index contributed by atoms with van der Waals surface area (Å²) in [5, 5.41) is 8.66. The number of carbonyl (C=O) groups is 2. The lowest BCUT2D eigenvalue weighted by Crippen LogP contribution is -2.17. The van der Waals surface area contributed by atoms with Crippen LogP contribution in [0.5, 0.6) is 0 Å². The summed E-state index contributed by atoms with van der Waals surface area (Å²) in [6.45, 7) is 0. The van der Waals surface area contributed by atoms with Crippen LogP contribution in [0.3, 0.4) is 0 Å². The fourth-order valence-corrected chi connectivity index (χ4v) is 3.86. The molecular formula is C22H19N3O2S. The number of hydrogen-bond acceptors (Lipinski definition) is 3. The maximum atomic E-state index is 12.9. The molecule has 6 heteroatoms. The number of aromatic nitrogens is 1. The molecule has 0 atom stereocenters. The molecule has 2 N–H and O–H groups in total. The molecule has 0 aliphatic carbocycles. The number of para-hydroxylation sites is 2. The number of benzene rings is 2. The van der Waals surface area contributed by atoms with Crippen LogP contribution in [0.2, 0.25) is 0 Å². The van der Waals surface area contributed by atoms with E-state index in [0.29, 0.717) is 23.4 Å². The Hall–Kier alpha value is -3.38. The number of aryl methyl sites for hydroxylation is 1. The molecule has 2 amide bonds. The lowest BCUT2D eigenvalue weighted by Gasteiger charge is -2.12.